The molecular formula is C27H26N2O7. The van der Waals surface area contributed by atoms with Gasteiger partial charge in [-0.2, -0.15) is 0 Å². The van der Waals surface area contributed by atoms with Crippen molar-refractivity contribution in [2.45, 2.75) is 26.9 Å². The first-order valence-corrected chi connectivity index (χ1v) is 11.5. The van der Waals surface area contributed by atoms with E-state index >= 15 is 0 Å². The summed E-state index contributed by atoms with van der Waals surface area (Å²) in [6, 6.07) is 14.7. The fraction of sp³-hybridized carbons (Fsp3) is 0.259. The first-order valence-electron chi connectivity index (χ1n) is 11.5. The van der Waals surface area contributed by atoms with Gasteiger partial charge in [-0.05, 0) is 45.0 Å². The van der Waals surface area contributed by atoms with Crippen LogP contribution in [0.2, 0.25) is 0 Å². The Morgan fingerprint density at radius 3 is 2.28 bits per heavy atom. The summed E-state index contributed by atoms with van der Waals surface area (Å²) in [5, 5.41) is 1.59. The van der Waals surface area contributed by atoms with E-state index in [-0.39, 0.29) is 24.7 Å². The third-order valence-electron chi connectivity index (χ3n) is 5.32. The van der Waals surface area contributed by atoms with Crippen LogP contribution in [0.1, 0.15) is 19.5 Å². The van der Waals surface area contributed by atoms with Crippen molar-refractivity contribution in [2.75, 3.05) is 20.3 Å². The zero-order valence-electron chi connectivity index (χ0n) is 20.4. The Labute approximate surface area is 207 Å². The molecule has 0 radical (unpaired) electrons. The largest absolute Gasteiger partial charge is 0.493 e. The number of carbonyl (C=O) groups is 2. The Bertz CT molecular complexity index is 1400. The number of methoxy groups -OCH3 is 1. The fourth-order valence-corrected chi connectivity index (χ4v) is 3.64. The summed E-state index contributed by atoms with van der Waals surface area (Å²) in [6.45, 7) is 5.31. The smallest absolute Gasteiger partial charge is 0.359 e. The Kier molecular flexibility index (Phi) is 7.48. The Morgan fingerprint density at radius 2 is 1.58 bits per heavy atom. The van der Waals surface area contributed by atoms with Crippen LogP contribution in [0.15, 0.2) is 54.7 Å². The number of benzene rings is 2. The monoisotopic (exact) mass is 490 g/mol. The number of para-hydroxylation sites is 1. The highest BCUT2D eigenvalue weighted by Gasteiger charge is 2.33. The van der Waals surface area contributed by atoms with Gasteiger partial charge in [0.2, 0.25) is 0 Å². The predicted molar refractivity (Wildman–Crippen MR) is 133 cm³/mol. The van der Waals surface area contributed by atoms with E-state index in [9.17, 15) is 9.59 Å². The minimum absolute atomic E-state index is 0.0816. The van der Waals surface area contributed by atoms with Crippen molar-refractivity contribution in [1.82, 2.24) is 9.97 Å². The zero-order valence-corrected chi connectivity index (χ0v) is 20.4. The van der Waals surface area contributed by atoms with Gasteiger partial charge < -0.3 is 23.7 Å². The number of aryl methyl sites for hydroxylation is 1. The molecule has 0 spiro atoms. The van der Waals surface area contributed by atoms with Crippen LogP contribution in [0, 0.1) is 6.92 Å². The lowest BCUT2D eigenvalue weighted by Crippen LogP contribution is -2.38. The van der Waals surface area contributed by atoms with Gasteiger partial charge in [0.05, 0.1) is 37.1 Å². The fourth-order valence-electron chi connectivity index (χ4n) is 3.64. The number of aromatic nitrogens is 2. The van der Waals surface area contributed by atoms with E-state index in [0.717, 1.165) is 16.6 Å². The molecule has 4 aromatic rings. The minimum Gasteiger partial charge on any atom is -0.493 e. The average Bonchev–Trinajstić information content (AvgIpc) is 2.87. The van der Waals surface area contributed by atoms with Gasteiger partial charge >= 0.3 is 11.9 Å². The predicted octanol–water partition coefficient (Wildman–Crippen LogP) is 4.77. The molecule has 2 aromatic heterocycles. The first kappa shape index (κ1) is 24.7. The number of hydrogen-bond donors (Lipinski definition) is 0. The molecule has 0 N–H and O–H groups in total. The molecule has 9 nitrogen and oxygen atoms in total. The number of rotatable bonds is 9. The van der Waals surface area contributed by atoms with Crippen molar-refractivity contribution in [1.29, 1.82) is 0 Å². The maximum absolute atomic E-state index is 12.4. The Hall–Kier alpha value is -4.40. The van der Waals surface area contributed by atoms with Gasteiger partial charge in [-0.3, -0.25) is 4.98 Å². The van der Waals surface area contributed by atoms with E-state index in [1.165, 1.54) is 7.11 Å². The highest BCUT2D eigenvalue weighted by molar-refractivity contribution is 5.98. The molecule has 0 unspecified atom stereocenters. The molecule has 4 rings (SSSR count). The molecule has 0 amide bonds. The Balaban J connectivity index is 1.72. The minimum atomic E-state index is -1.61. The molecule has 36 heavy (non-hydrogen) atoms. The summed E-state index contributed by atoms with van der Waals surface area (Å²) < 4.78 is 27.4. The molecule has 186 valence electrons. The highest BCUT2D eigenvalue weighted by Crippen LogP contribution is 2.38. The van der Waals surface area contributed by atoms with Crippen molar-refractivity contribution in [3.05, 3.63) is 60.4 Å². The second kappa shape index (κ2) is 10.9. The second-order valence-corrected chi connectivity index (χ2v) is 7.70. The average molecular weight is 491 g/mol. The van der Waals surface area contributed by atoms with Gasteiger partial charge in [0, 0.05) is 23.0 Å². The summed E-state index contributed by atoms with van der Waals surface area (Å²) >= 11 is 0. The normalized spacial score (nSPS) is 10.9. The number of nitrogens with zero attached hydrogens (tertiary/aromatic N) is 2. The van der Waals surface area contributed by atoms with Crippen LogP contribution in [0.4, 0.5) is 0 Å². The molecule has 0 fully saturated rings. The van der Waals surface area contributed by atoms with Gasteiger partial charge in [0.15, 0.2) is 11.5 Å². The lowest BCUT2D eigenvalue weighted by molar-refractivity contribution is -0.166. The maximum atomic E-state index is 12.4. The highest BCUT2D eigenvalue weighted by atomic mass is 16.6. The van der Waals surface area contributed by atoms with Crippen molar-refractivity contribution in [2.24, 2.45) is 0 Å². The summed E-state index contributed by atoms with van der Waals surface area (Å²) in [6.07, 6.45) is -0.0201. The van der Waals surface area contributed by atoms with Crippen LogP contribution in [0.3, 0.4) is 0 Å². The maximum Gasteiger partial charge on any atom is 0.359 e. The van der Waals surface area contributed by atoms with Crippen LogP contribution < -0.4 is 14.2 Å². The number of hydrogen-bond acceptors (Lipinski definition) is 9. The second-order valence-electron chi connectivity index (χ2n) is 7.70. The Morgan fingerprint density at radius 1 is 0.861 bits per heavy atom. The quantitative estimate of drug-likeness (QED) is 0.242. The zero-order chi connectivity index (χ0) is 25.7. The molecule has 9 heteroatoms. The van der Waals surface area contributed by atoms with Gasteiger partial charge in [0.25, 0.3) is 6.10 Å². The van der Waals surface area contributed by atoms with Gasteiger partial charge in [-0.25, -0.2) is 14.6 Å². The first-order chi connectivity index (χ1) is 17.4. The van der Waals surface area contributed by atoms with Crippen LogP contribution >= 0.6 is 0 Å². The molecule has 0 aliphatic rings. The molecule has 0 bridgehead atoms. The molecule has 0 atom stereocenters. The number of ether oxygens (including phenoxy) is 5. The van der Waals surface area contributed by atoms with E-state index in [2.05, 4.69) is 9.97 Å². The van der Waals surface area contributed by atoms with Crippen LogP contribution in [0.5, 0.6) is 23.0 Å². The summed E-state index contributed by atoms with van der Waals surface area (Å²) in [4.78, 5) is 33.8. The van der Waals surface area contributed by atoms with E-state index in [1.54, 1.807) is 38.2 Å². The third-order valence-corrected chi connectivity index (χ3v) is 5.32. The van der Waals surface area contributed by atoms with Crippen LogP contribution in [-0.2, 0) is 19.1 Å². The van der Waals surface area contributed by atoms with Gasteiger partial charge in [-0.1, -0.05) is 18.2 Å². The van der Waals surface area contributed by atoms with Crippen LogP contribution in [0.25, 0.3) is 21.8 Å². The van der Waals surface area contributed by atoms with E-state index in [0.29, 0.717) is 22.4 Å². The van der Waals surface area contributed by atoms with Gasteiger partial charge in [-0.15, -0.1) is 0 Å². The van der Waals surface area contributed by atoms with Crippen LogP contribution in [-0.4, -0.2) is 48.3 Å². The summed E-state index contributed by atoms with van der Waals surface area (Å²) in [7, 11) is 1.45. The number of pyridine rings is 2. The lowest BCUT2D eigenvalue weighted by Gasteiger charge is -2.19. The molecule has 2 aromatic carbocycles. The molecule has 0 aliphatic carbocycles. The summed E-state index contributed by atoms with van der Waals surface area (Å²) in [5.74, 6) is -0.191. The summed E-state index contributed by atoms with van der Waals surface area (Å²) in [5.41, 5.74) is 2.11. The third kappa shape index (κ3) is 5.14. The molecule has 0 saturated heterocycles. The molecule has 2 heterocycles. The molecular weight excluding hydrogens is 464 g/mol. The molecule has 0 aliphatic heterocycles. The molecule has 0 saturated carbocycles. The number of carbonyl (C=O) groups excluding carboxylic acids is 2. The number of esters is 2. The van der Waals surface area contributed by atoms with Gasteiger partial charge in [0.1, 0.15) is 11.5 Å². The number of fused-ring (bicyclic) bond motifs is 2. The standard InChI is InChI=1S/C27H26N2O7/c1-5-33-26(30)25(27(31)34-6-2)36-24-15-20-18(14-23(24)32-4)21(11-12-28-20)35-22-13-17-9-7-8-10-19(17)29-16(22)3/h7-15,25H,5-6H2,1-4H3. The van der Waals surface area contributed by atoms with Crippen molar-refractivity contribution < 1.29 is 33.3 Å². The van der Waals surface area contributed by atoms with E-state index in [1.807, 2.05) is 37.3 Å². The van der Waals surface area contributed by atoms with E-state index in [4.69, 9.17) is 23.7 Å². The van der Waals surface area contributed by atoms with Crippen molar-refractivity contribution in [3.63, 3.8) is 0 Å². The SMILES string of the molecule is CCOC(=O)C(Oc1cc2nccc(Oc3cc4ccccc4nc3C)c2cc1OC)C(=O)OCC. The van der Waals surface area contributed by atoms with Crippen molar-refractivity contribution in [3.8, 4) is 23.0 Å². The van der Waals surface area contributed by atoms with E-state index < -0.39 is 18.0 Å². The van der Waals surface area contributed by atoms with Crippen molar-refractivity contribution >= 4 is 33.7 Å². The topological polar surface area (TPSA) is 106 Å². The lowest BCUT2D eigenvalue weighted by atomic mass is 10.1.